The fourth-order valence-electron chi connectivity index (χ4n) is 0.672. The van der Waals surface area contributed by atoms with Gasteiger partial charge in [0.2, 0.25) is 5.89 Å². The molecule has 1 heterocycles. The molecular formula is C7H12N2O4. The highest BCUT2D eigenvalue weighted by atomic mass is 16.6. The Morgan fingerprint density at radius 3 is 2.69 bits per heavy atom. The molecule has 0 aromatic carbocycles. The van der Waals surface area contributed by atoms with E-state index in [1.54, 1.807) is 6.92 Å². The Kier molecular flexibility index (Phi) is 3.90. The molecule has 0 atom stereocenters. The summed E-state index contributed by atoms with van der Waals surface area (Å²) in [6, 6.07) is 0. The zero-order valence-corrected chi connectivity index (χ0v) is 6.73. The Balaban J connectivity index is 0.00000144. The van der Waals surface area contributed by atoms with E-state index < -0.39 is 11.8 Å². The molecule has 1 aromatic rings. The molecule has 74 valence electrons. The molecule has 0 saturated heterocycles. The number of aromatic nitrogens is 2. The molecule has 1 rings (SSSR count). The maximum Gasteiger partial charge on any atom is 0.447 e. The molecule has 0 aliphatic rings. The van der Waals surface area contributed by atoms with Crippen molar-refractivity contribution in [1.82, 2.24) is 9.78 Å². The van der Waals surface area contributed by atoms with E-state index in [0.29, 0.717) is 4.68 Å². The van der Waals surface area contributed by atoms with Gasteiger partial charge in [-0.2, -0.15) is 0 Å². The van der Waals surface area contributed by atoms with Crippen molar-refractivity contribution >= 4 is 6.09 Å². The Morgan fingerprint density at radius 2 is 2.31 bits per heavy atom. The topological polar surface area (TPSA) is 74.3 Å². The van der Waals surface area contributed by atoms with Crippen molar-refractivity contribution in [1.29, 1.82) is 0 Å². The minimum atomic E-state index is -0.828. The zero-order chi connectivity index (χ0) is 9.14. The summed E-state index contributed by atoms with van der Waals surface area (Å²) in [6.07, 6.45) is -0.820. The largest absolute Gasteiger partial charge is 0.448 e. The first-order valence-corrected chi connectivity index (χ1v) is 3.39. The van der Waals surface area contributed by atoms with Gasteiger partial charge >= 0.3 is 11.8 Å². The summed E-state index contributed by atoms with van der Waals surface area (Å²) >= 11 is 0. The van der Waals surface area contributed by atoms with E-state index in [4.69, 9.17) is 0 Å². The fourth-order valence-corrected chi connectivity index (χ4v) is 0.672. The summed E-state index contributed by atoms with van der Waals surface area (Å²) < 4.78 is 9.54. The third kappa shape index (κ3) is 2.43. The molecule has 1 aromatic heterocycles. The first kappa shape index (κ1) is 11.4. The van der Waals surface area contributed by atoms with E-state index in [-0.39, 0.29) is 19.9 Å². The number of carbonyl (C=O) groups is 1. The lowest BCUT2D eigenvalue weighted by Crippen LogP contribution is -2.25. The third-order valence-electron chi connectivity index (χ3n) is 1.09. The fraction of sp³-hybridized carbons (Fsp3) is 0.571. The maximum absolute atomic E-state index is 10.9. The van der Waals surface area contributed by atoms with Crippen LogP contribution < -0.4 is 5.76 Å². The van der Waals surface area contributed by atoms with Gasteiger partial charge < -0.3 is 9.15 Å². The minimum absolute atomic E-state index is 0. The van der Waals surface area contributed by atoms with Gasteiger partial charge in [0.05, 0.1) is 6.61 Å². The summed E-state index contributed by atoms with van der Waals surface area (Å²) in [6.45, 7) is 3.30. The Hall–Kier alpha value is -1.59. The molecule has 0 amide bonds. The minimum Gasteiger partial charge on any atom is -0.448 e. The second kappa shape index (κ2) is 4.44. The van der Waals surface area contributed by atoms with Gasteiger partial charge in [0.25, 0.3) is 0 Å². The normalized spacial score (nSPS) is 9.08. The van der Waals surface area contributed by atoms with Gasteiger partial charge in [-0.05, 0) is 6.92 Å². The number of ether oxygens (including phenoxy) is 1. The Bertz CT molecular complexity index is 339. The van der Waals surface area contributed by atoms with Gasteiger partial charge in [-0.15, -0.1) is 5.10 Å². The molecule has 0 saturated carbocycles. The van der Waals surface area contributed by atoms with Crippen molar-refractivity contribution < 1.29 is 13.9 Å². The van der Waals surface area contributed by atoms with E-state index in [1.807, 2.05) is 0 Å². The van der Waals surface area contributed by atoms with E-state index in [1.165, 1.54) is 6.92 Å². The Labute approximate surface area is 75.1 Å². The summed E-state index contributed by atoms with van der Waals surface area (Å²) in [5, 5.41) is 3.49. The number of rotatable bonds is 1. The van der Waals surface area contributed by atoms with Gasteiger partial charge in [0.1, 0.15) is 0 Å². The van der Waals surface area contributed by atoms with E-state index >= 15 is 0 Å². The lowest BCUT2D eigenvalue weighted by molar-refractivity contribution is 0.148. The Morgan fingerprint density at radius 1 is 1.69 bits per heavy atom. The molecule has 0 fully saturated rings. The SMILES string of the molecule is C.CCOC(=O)n1nc(C)oc1=O. The highest BCUT2D eigenvalue weighted by Crippen LogP contribution is 1.87. The smallest absolute Gasteiger partial charge is 0.447 e. The first-order valence-electron chi connectivity index (χ1n) is 3.39. The predicted molar refractivity (Wildman–Crippen MR) is 44.7 cm³/mol. The third-order valence-corrected chi connectivity index (χ3v) is 1.09. The zero-order valence-electron chi connectivity index (χ0n) is 6.73. The van der Waals surface area contributed by atoms with Crippen molar-refractivity contribution in [3.8, 4) is 0 Å². The highest BCUT2D eigenvalue weighted by Gasteiger charge is 2.12. The first-order chi connectivity index (χ1) is 5.65. The molecule has 0 N–H and O–H groups in total. The molecule has 0 aliphatic heterocycles. The van der Waals surface area contributed by atoms with E-state index in [2.05, 4.69) is 14.3 Å². The van der Waals surface area contributed by atoms with Gasteiger partial charge in [0.15, 0.2) is 0 Å². The van der Waals surface area contributed by atoms with Gasteiger partial charge in [0, 0.05) is 6.92 Å². The summed E-state index contributed by atoms with van der Waals surface area (Å²) in [4.78, 5) is 21.7. The van der Waals surface area contributed by atoms with Crippen molar-refractivity contribution in [3.63, 3.8) is 0 Å². The quantitative estimate of drug-likeness (QED) is 0.651. The number of aryl methyl sites for hydroxylation is 1. The van der Waals surface area contributed by atoms with Crippen LogP contribution in [0.15, 0.2) is 9.21 Å². The summed E-state index contributed by atoms with van der Waals surface area (Å²) in [5.41, 5.74) is 0. The average Bonchev–Trinajstić information content (AvgIpc) is 2.30. The van der Waals surface area contributed by atoms with Gasteiger partial charge in [-0.25, -0.2) is 9.59 Å². The van der Waals surface area contributed by atoms with E-state index in [0.717, 1.165) is 0 Å². The maximum atomic E-state index is 10.9. The molecule has 0 spiro atoms. The summed E-state index contributed by atoms with van der Waals surface area (Å²) in [7, 11) is 0. The molecule has 0 unspecified atom stereocenters. The van der Waals surface area contributed by atoms with Crippen LogP contribution >= 0.6 is 0 Å². The van der Waals surface area contributed by atoms with Crippen LogP contribution in [0.2, 0.25) is 0 Å². The van der Waals surface area contributed by atoms with Crippen LogP contribution in [0.5, 0.6) is 0 Å². The molecule has 6 nitrogen and oxygen atoms in total. The molecule has 13 heavy (non-hydrogen) atoms. The second-order valence-corrected chi connectivity index (χ2v) is 2.00. The van der Waals surface area contributed by atoms with Crippen LogP contribution in [0.4, 0.5) is 4.79 Å². The average molecular weight is 188 g/mol. The number of nitrogens with zero attached hydrogens (tertiary/aromatic N) is 2. The highest BCUT2D eigenvalue weighted by molar-refractivity contribution is 5.68. The molecule has 6 heteroatoms. The van der Waals surface area contributed by atoms with Crippen LogP contribution in [0.3, 0.4) is 0 Å². The van der Waals surface area contributed by atoms with Crippen molar-refractivity contribution in [3.05, 3.63) is 16.4 Å². The van der Waals surface area contributed by atoms with E-state index in [9.17, 15) is 9.59 Å². The molecule has 0 bridgehead atoms. The second-order valence-electron chi connectivity index (χ2n) is 2.00. The number of hydrogen-bond donors (Lipinski definition) is 0. The molecular weight excluding hydrogens is 176 g/mol. The van der Waals surface area contributed by atoms with Crippen LogP contribution in [0.25, 0.3) is 0 Å². The van der Waals surface area contributed by atoms with Crippen molar-refractivity contribution in [2.24, 2.45) is 0 Å². The number of carbonyl (C=O) groups excluding carboxylic acids is 1. The van der Waals surface area contributed by atoms with Crippen molar-refractivity contribution in [2.75, 3.05) is 6.61 Å². The monoisotopic (exact) mass is 188 g/mol. The summed E-state index contributed by atoms with van der Waals surface area (Å²) in [5.74, 6) is -0.695. The lowest BCUT2D eigenvalue weighted by Gasteiger charge is -1.95. The lowest BCUT2D eigenvalue weighted by atomic mass is 10.8. The van der Waals surface area contributed by atoms with Crippen LogP contribution in [0.1, 0.15) is 20.2 Å². The predicted octanol–water partition coefficient (Wildman–Crippen LogP) is 0.785. The van der Waals surface area contributed by atoms with Crippen LogP contribution in [0, 0.1) is 6.92 Å². The van der Waals surface area contributed by atoms with Gasteiger partial charge in [-0.1, -0.05) is 12.1 Å². The van der Waals surface area contributed by atoms with Crippen LogP contribution in [-0.4, -0.2) is 22.5 Å². The van der Waals surface area contributed by atoms with Crippen molar-refractivity contribution in [2.45, 2.75) is 21.3 Å². The van der Waals surface area contributed by atoms with Crippen LogP contribution in [-0.2, 0) is 4.74 Å². The number of hydrogen-bond acceptors (Lipinski definition) is 5. The molecule has 0 aliphatic carbocycles. The standard InChI is InChI=1S/C6H8N2O4.CH4/c1-3-11-5(9)8-6(10)12-4(2)7-8;/h3H2,1-2H3;1H4. The molecule has 0 radical (unpaired) electrons. The van der Waals surface area contributed by atoms with Gasteiger partial charge in [-0.3, -0.25) is 0 Å².